The monoisotopic (exact) mass is 830 g/mol. The van der Waals surface area contributed by atoms with Crippen molar-refractivity contribution < 1.29 is 66.9 Å². The SMILES string of the molecule is COc1c(F)c(F)c(C2=C3C=CC(=N3)C(c3c(F)c(F)c(OC)c(F)c3F)=C3C=CC(=N3)C(c3c(F)c(F)c(OC)c(F)c3F)=c3ccc([nH]3)=C3C=CC2=N3)c(F)c1F. The number of allylic oxidation sites excluding steroid dienone is 7. The lowest BCUT2D eigenvalue weighted by Crippen LogP contribution is -2.21. The summed E-state index contributed by atoms with van der Waals surface area (Å²) in [5.41, 5.74) is -9.63. The van der Waals surface area contributed by atoms with E-state index in [0.717, 1.165) is 50.7 Å². The van der Waals surface area contributed by atoms with E-state index in [2.05, 4.69) is 34.2 Å². The van der Waals surface area contributed by atoms with Crippen molar-refractivity contribution in [2.24, 2.45) is 15.0 Å². The number of rotatable bonds is 6. The Hall–Kier alpha value is -7.05. The third kappa shape index (κ3) is 5.65. The average Bonchev–Trinajstić information content (AvgIpc) is 4.06. The summed E-state index contributed by atoms with van der Waals surface area (Å²) in [7, 11) is 2.20. The van der Waals surface area contributed by atoms with Crippen molar-refractivity contribution in [2.45, 2.75) is 0 Å². The van der Waals surface area contributed by atoms with Gasteiger partial charge in [-0.25, -0.2) is 41.3 Å². The molecule has 0 saturated heterocycles. The minimum atomic E-state index is -2.08. The van der Waals surface area contributed by atoms with Crippen molar-refractivity contribution in [3.63, 3.8) is 0 Å². The number of methoxy groups -OCH3 is 3. The van der Waals surface area contributed by atoms with Gasteiger partial charge in [-0.2, -0.15) is 26.3 Å². The summed E-state index contributed by atoms with van der Waals surface area (Å²) in [6.07, 6.45) is 6.12. The number of hydrogen-bond donors (Lipinski definition) is 1. The molecule has 0 radical (unpaired) electrons. The Morgan fingerprint density at radius 2 is 0.644 bits per heavy atom. The predicted molar refractivity (Wildman–Crippen MR) is 188 cm³/mol. The van der Waals surface area contributed by atoms with Crippen LogP contribution in [-0.2, 0) is 0 Å². The quantitative estimate of drug-likeness (QED) is 0.159. The van der Waals surface area contributed by atoms with E-state index >= 15 is 52.7 Å². The molecule has 8 rings (SSSR count). The molecule has 0 amide bonds. The second-order valence-electron chi connectivity index (χ2n) is 12.6. The zero-order valence-electron chi connectivity index (χ0n) is 29.7. The van der Waals surface area contributed by atoms with E-state index in [4.69, 9.17) is 0 Å². The molecule has 0 saturated carbocycles. The standard InChI is InChI=1S/C40H18F12N4O3/c1-57-38-32(47)26(41)23(27(42)33(38)48)20-14-6-4-12(53-14)13-5-7-15(54-13)21(24-28(43)34(49)39(58-2)35(50)29(24)44)17-9-11-19(56-17)22(18-10-8-16(20)55-18)25-30(45)36(51)40(59-3)37(52)31(25)46/h4-11,53H,1-3H3. The van der Waals surface area contributed by atoms with Crippen LogP contribution in [-0.4, -0.2) is 43.4 Å². The first kappa shape index (κ1) is 38.8. The van der Waals surface area contributed by atoms with Crippen molar-refractivity contribution in [3.05, 3.63) is 157 Å². The number of H-pyrrole nitrogens is 1. The van der Waals surface area contributed by atoms with Crippen molar-refractivity contribution in [3.8, 4) is 17.2 Å². The molecule has 0 atom stereocenters. The van der Waals surface area contributed by atoms with Gasteiger partial charge in [-0.15, -0.1) is 0 Å². The molecule has 7 nitrogen and oxygen atoms in total. The van der Waals surface area contributed by atoms with Gasteiger partial charge in [0.05, 0.1) is 77.6 Å². The fraction of sp³-hybridized carbons (Fsp3) is 0.0750. The number of hydrogen-bond acceptors (Lipinski definition) is 6. The number of nitrogens with zero attached hydrogens (tertiary/aromatic N) is 3. The van der Waals surface area contributed by atoms with Gasteiger partial charge in [0.2, 0.25) is 34.9 Å². The van der Waals surface area contributed by atoms with Gasteiger partial charge in [-0.1, -0.05) is 0 Å². The molecule has 4 aliphatic rings. The van der Waals surface area contributed by atoms with E-state index in [1.807, 2.05) is 0 Å². The van der Waals surface area contributed by atoms with Gasteiger partial charge in [-0.3, -0.25) is 0 Å². The first-order valence-electron chi connectivity index (χ1n) is 16.6. The second-order valence-corrected chi connectivity index (χ2v) is 12.6. The van der Waals surface area contributed by atoms with Crippen molar-refractivity contribution in [2.75, 3.05) is 21.3 Å². The molecule has 19 heteroatoms. The first-order chi connectivity index (χ1) is 28.1. The number of fused-ring (bicyclic) bond motifs is 5. The third-order valence-corrected chi connectivity index (χ3v) is 9.46. The Labute approximate surface area is 322 Å². The molecule has 0 aliphatic carbocycles. The van der Waals surface area contributed by atoms with Crippen LogP contribution in [0, 0.1) is 69.8 Å². The van der Waals surface area contributed by atoms with Gasteiger partial charge in [0.25, 0.3) is 0 Å². The fourth-order valence-electron chi connectivity index (χ4n) is 6.83. The molecular formula is C40H18F12N4O3. The summed E-state index contributed by atoms with van der Waals surface area (Å²) >= 11 is 0. The Morgan fingerprint density at radius 3 is 1.00 bits per heavy atom. The summed E-state index contributed by atoms with van der Waals surface area (Å²) < 4.78 is 200. The molecular weight excluding hydrogens is 812 g/mol. The largest absolute Gasteiger partial charge is 0.491 e. The van der Waals surface area contributed by atoms with Gasteiger partial charge in [0.15, 0.2) is 52.2 Å². The molecule has 4 aliphatic heterocycles. The molecule has 3 aromatic carbocycles. The number of aromatic nitrogens is 1. The van der Waals surface area contributed by atoms with Crippen LogP contribution in [0.25, 0.3) is 22.4 Å². The van der Waals surface area contributed by atoms with E-state index in [1.54, 1.807) is 0 Å². The highest BCUT2D eigenvalue weighted by molar-refractivity contribution is 6.37. The number of nitrogens with one attached hydrogen (secondary N) is 1. The Balaban J connectivity index is 1.56. The highest BCUT2D eigenvalue weighted by Gasteiger charge is 2.37. The summed E-state index contributed by atoms with van der Waals surface area (Å²) in [6.45, 7) is 0. The average molecular weight is 831 g/mol. The van der Waals surface area contributed by atoms with Crippen molar-refractivity contribution >= 4 is 39.6 Å². The smallest absolute Gasteiger partial charge is 0.204 e. The predicted octanol–water partition coefficient (Wildman–Crippen LogP) is 7.89. The molecule has 0 spiro atoms. The van der Waals surface area contributed by atoms with Crippen LogP contribution in [0.1, 0.15) is 16.7 Å². The highest BCUT2D eigenvalue weighted by atomic mass is 19.2. The normalized spacial score (nSPS) is 15.6. The van der Waals surface area contributed by atoms with E-state index in [0.29, 0.717) is 7.11 Å². The minimum absolute atomic E-state index is 0.0233. The van der Waals surface area contributed by atoms with Crippen LogP contribution in [0.4, 0.5) is 52.7 Å². The Bertz CT molecular complexity index is 2940. The zero-order valence-corrected chi connectivity index (χ0v) is 29.7. The topological polar surface area (TPSA) is 80.6 Å². The number of ether oxygens (including phenoxy) is 3. The molecule has 0 unspecified atom stereocenters. The number of aliphatic imine (C=N–C) groups is 3. The highest BCUT2D eigenvalue weighted by Crippen LogP contribution is 2.42. The van der Waals surface area contributed by atoms with Crippen LogP contribution in [0.5, 0.6) is 17.2 Å². The van der Waals surface area contributed by atoms with Crippen LogP contribution in [0.2, 0.25) is 0 Å². The van der Waals surface area contributed by atoms with Crippen LogP contribution in [0.15, 0.2) is 75.0 Å². The lowest BCUT2D eigenvalue weighted by molar-refractivity contribution is 0.331. The zero-order chi connectivity index (χ0) is 42.3. The molecule has 0 fully saturated rings. The van der Waals surface area contributed by atoms with Crippen LogP contribution < -0.4 is 24.9 Å². The molecule has 5 heterocycles. The van der Waals surface area contributed by atoms with Crippen molar-refractivity contribution in [1.29, 1.82) is 0 Å². The summed E-state index contributed by atoms with van der Waals surface area (Å²) in [5.74, 6) is -28.4. The third-order valence-electron chi connectivity index (χ3n) is 9.46. The maximum atomic E-state index is 16.0. The molecule has 8 bridgehead atoms. The first-order valence-corrected chi connectivity index (χ1v) is 16.6. The maximum Gasteiger partial charge on any atom is 0.204 e. The molecule has 1 N–H and O–H groups in total. The van der Waals surface area contributed by atoms with Crippen molar-refractivity contribution in [1.82, 2.24) is 4.98 Å². The van der Waals surface area contributed by atoms with Gasteiger partial charge in [0, 0.05) is 22.1 Å². The Kier molecular flexibility index (Phi) is 9.27. The van der Waals surface area contributed by atoms with Crippen LogP contribution in [0.3, 0.4) is 0 Å². The maximum absolute atomic E-state index is 16.0. The molecule has 1 aromatic heterocycles. The number of aromatic amines is 1. The van der Waals surface area contributed by atoms with E-state index < -0.39 is 149 Å². The molecule has 300 valence electrons. The molecule has 4 aromatic rings. The van der Waals surface area contributed by atoms with E-state index in [-0.39, 0.29) is 16.4 Å². The van der Waals surface area contributed by atoms with Gasteiger partial charge < -0.3 is 19.2 Å². The van der Waals surface area contributed by atoms with E-state index in [9.17, 15) is 0 Å². The Morgan fingerprint density at radius 1 is 0.356 bits per heavy atom. The van der Waals surface area contributed by atoms with E-state index in [1.165, 1.54) is 12.1 Å². The number of halogens is 12. The molecule has 59 heavy (non-hydrogen) atoms. The minimum Gasteiger partial charge on any atom is -0.491 e. The van der Waals surface area contributed by atoms with Gasteiger partial charge >= 0.3 is 0 Å². The van der Waals surface area contributed by atoms with Gasteiger partial charge in [-0.05, 0) is 48.6 Å². The fourth-order valence-corrected chi connectivity index (χ4v) is 6.83. The lowest BCUT2D eigenvalue weighted by Gasteiger charge is -2.16. The number of benzene rings is 3. The summed E-state index contributed by atoms with van der Waals surface area (Å²) in [5, 5.41) is -0.357. The lowest BCUT2D eigenvalue weighted by atomic mass is 9.96. The second kappa shape index (κ2) is 14.1. The summed E-state index contributed by atoms with van der Waals surface area (Å²) in [4.78, 5) is 15.5. The van der Waals surface area contributed by atoms with Gasteiger partial charge in [0.1, 0.15) is 0 Å². The summed E-state index contributed by atoms with van der Waals surface area (Å²) in [6, 6.07) is 2.40. The van der Waals surface area contributed by atoms with Crippen LogP contribution >= 0.6 is 0 Å².